The quantitative estimate of drug-likeness (QED) is 0.791. The number of methoxy groups -OCH3 is 1. The van der Waals surface area contributed by atoms with E-state index >= 15 is 0 Å². The number of amides is 3. The highest BCUT2D eigenvalue weighted by Gasteiger charge is 2.29. The van der Waals surface area contributed by atoms with Crippen LogP contribution in [0.1, 0.15) is 12.2 Å². The summed E-state index contributed by atoms with van der Waals surface area (Å²) in [6.07, 6.45) is 0.471. The number of para-hydroxylation sites is 2. The molecule has 1 saturated heterocycles. The molecule has 0 spiro atoms. The lowest BCUT2D eigenvalue weighted by Gasteiger charge is -2.20. The summed E-state index contributed by atoms with van der Waals surface area (Å²) < 4.78 is 7.03. The monoisotopic (exact) mass is 373 g/mol. The molecule has 1 N–H and O–H groups in total. The number of urea groups is 1. The number of benzene rings is 1. The van der Waals surface area contributed by atoms with E-state index in [2.05, 4.69) is 10.3 Å². The van der Waals surface area contributed by atoms with Crippen molar-refractivity contribution in [3.8, 4) is 0 Å². The zero-order chi connectivity index (χ0) is 19.4. The number of carbonyl (C=O) groups excluding carboxylic acids is 2. The van der Waals surface area contributed by atoms with Crippen LogP contribution in [-0.2, 0) is 23.1 Å². The lowest BCUT2D eigenvalue weighted by Crippen LogP contribution is -2.40. The molecule has 1 aromatic carbocycles. The molecule has 146 valence electrons. The van der Waals surface area contributed by atoms with E-state index in [-0.39, 0.29) is 17.9 Å². The van der Waals surface area contributed by atoms with Crippen LogP contribution in [0.3, 0.4) is 0 Å². The third kappa shape index (κ3) is 4.39. The Hall–Kier alpha value is -2.61. The van der Waals surface area contributed by atoms with Gasteiger partial charge in [0, 0.05) is 53.2 Å². The highest BCUT2D eigenvalue weighted by Crippen LogP contribution is 2.17. The summed E-state index contributed by atoms with van der Waals surface area (Å²) in [7, 11) is 5.33. The van der Waals surface area contributed by atoms with Gasteiger partial charge in [0.15, 0.2) is 0 Å². The van der Waals surface area contributed by atoms with Crippen molar-refractivity contribution >= 4 is 23.0 Å². The molecule has 27 heavy (non-hydrogen) atoms. The molecule has 8 nitrogen and oxygen atoms in total. The first-order valence-electron chi connectivity index (χ1n) is 9.15. The molecule has 8 heteroatoms. The first kappa shape index (κ1) is 19.2. The number of hydrogen-bond donors (Lipinski definition) is 1. The second-order valence-electron chi connectivity index (χ2n) is 7.02. The lowest BCUT2D eigenvalue weighted by atomic mass is 10.1. The number of aromatic nitrogens is 2. The lowest BCUT2D eigenvalue weighted by molar-refractivity contribution is -0.128. The summed E-state index contributed by atoms with van der Waals surface area (Å²) >= 11 is 0. The number of aryl methyl sites for hydroxylation is 1. The van der Waals surface area contributed by atoms with Gasteiger partial charge >= 0.3 is 6.03 Å². The molecule has 3 amide bonds. The Bertz CT molecular complexity index is 819. The van der Waals surface area contributed by atoms with Crippen LogP contribution in [-0.4, -0.2) is 71.7 Å². The molecule has 1 aromatic heterocycles. The van der Waals surface area contributed by atoms with E-state index in [1.54, 1.807) is 24.0 Å². The van der Waals surface area contributed by atoms with Gasteiger partial charge in [0.1, 0.15) is 5.82 Å². The minimum atomic E-state index is -0.162. The average Bonchev–Trinajstić information content (AvgIpc) is 3.18. The predicted molar refractivity (Wildman–Crippen MR) is 102 cm³/mol. The molecular formula is C19H27N5O3. The second kappa shape index (κ2) is 8.39. The standard InChI is InChI=1S/C19H27N5O3/c1-22(13-17-21-15-6-4-5-7-16(15)23(17)2)19(26)20-11-14-10-18(25)24(12-14)8-9-27-3/h4-7,14H,8-13H2,1-3H3,(H,20,26). The summed E-state index contributed by atoms with van der Waals surface area (Å²) in [5, 5.41) is 2.93. The first-order chi connectivity index (χ1) is 13.0. The van der Waals surface area contributed by atoms with Crippen LogP contribution in [0.2, 0.25) is 0 Å². The number of carbonyl (C=O) groups is 2. The minimum Gasteiger partial charge on any atom is -0.383 e. The highest BCUT2D eigenvalue weighted by molar-refractivity contribution is 5.79. The number of imidazole rings is 1. The van der Waals surface area contributed by atoms with Gasteiger partial charge in [-0.05, 0) is 12.1 Å². The Balaban J connectivity index is 1.51. The summed E-state index contributed by atoms with van der Waals surface area (Å²) in [5.74, 6) is 1.09. The number of ether oxygens (including phenoxy) is 1. The Morgan fingerprint density at radius 3 is 2.93 bits per heavy atom. The van der Waals surface area contributed by atoms with E-state index in [1.807, 2.05) is 35.9 Å². The number of fused-ring (bicyclic) bond motifs is 1. The van der Waals surface area contributed by atoms with Crippen molar-refractivity contribution in [3.63, 3.8) is 0 Å². The van der Waals surface area contributed by atoms with Gasteiger partial charge in [0.25, 0.3) is 0 Å². The van der Waals surface area contributed by atoms with Crippen molar-refractivity contribution in [1.82, 2.24) is 24.7 Å². The zero-order valence-electron chi connectivity index (χ0n) is 16.1. The Labute approximate surface area is 159 Å². The van der Waals surface area contributed by atoms with E-state index in [1.165, 1.54) is 0 Å². The van der Waals surface area contributed by atoms with Crippen LogP contribution in [0.25, 0.3) is 11.0 Å². The van der Waals surface area contributed by atoms with Crippen LogP contribution in [0, 0.1) is 5.92 Å². The van der Waals surface area contributed by atoms with Gasteiger partial charge in [-0.25, -0.2) is 9.78 Å². The number of likely N-dealkylation sites (tertiary alicyclic amines) is 1. The fourth-order valence-electron chi connectivity index (χ4n) is 3.40. The second-order valence-corrected chi connectivity index (χ2v) is 7.02. The van der Waals surface area contributed by atoms with E-state index in [0.717, 1.165) is 16.9 Å². The van der Waals surface area contributed by atoms with Crippen molar-refractivity contribution in [2.24, 2.45) is 13.0 Å². The molecule has 1 fully saturated rings. The van der Waals surface area contributed by atoms with Crippen molar-refractivity contribution in [1.29, 1.82) is 0 Å². The summed E-state index contributed by atoms with van der Waals surface area (Å²) in [6, 6.07) is 7.74. The van der Waals surface area contributed by atoms with Crippen LogP contribution in [0.5, 0.6) is 0 Å². The van der Waals surface area contributed by atoms with E-state index in [9.17, 15) is 9.59 Å². The van der Waals surface area contributed by atoms with Crippen LogP contribution in [0.15, 0.2) is 24.3 Å². The van der Waals surface area contributed by atoms with E-state index < -0.39 is 0 Å². The molecule has 1 aliphatic rings. The maximum atomic E-state index is 12.4. The smallest absolute Gasteiger partial charge is 0.317 e. The largest absolute Gasteiger partial charge is 0.383 e. The minimum absolute atomic E-state index is 0.124. The molecule has 1 unspecified atom stereocenters. The Kier molecular flexibility index (Phi) is 5.95. The third-order valence-electron chi connectivity index (χ3n) is 5.01. The molecule has 2 aromatic rings. The fourth-order valence-corrected chi connectivity index (χ4v) is 3.40. The first-order valence-corrected chi connectivity index (χ1v) is 9.15. The maximum absolute atomic E-state index is 12.4. The van der Waals surface area contributed by atoms with Crippen molar-refractivity contribution in [2.45, 2.75) is 13.0 Å². The van der Waals surface area contributed by atoms with Gasteiger partial charge in [0.05, 0.1) is 24.2 Å². The maximum Gasteiger partial charge on any atom is 0.317 e. The summed E-state index contributed by atoms with van der Waals surface area (Å²) in [4.78, 5) is 32.4. The van der Waals surface area contributed by atoms with Gasteiger partial charge in [0.2, 0.25) is 5.91 Å². The fraction of sp³-hybridized carbons (Fsp3) is 0.526. The molecule has 3 rings (SSSR count). The van der Waals surface area contributed by atoms with Crippen LogP contribution < -0.4 is 5.32 Å². The van der Waals surface area contributed by atoms with Gasteiger partial charge < -0.3 is 24.4 Å². The van der Waals surface area contributed by atoms with Crippen LogP contribution in [0.4, 0.5) is 4.79 Å². The van der Waals surface area contributed by atoms with Crippen LogP contribution >= 0.6 is 0 Å². The summed E-state index contributed by atoms with van der Waals surface area (Å²) in [6.45, 7) is 2.70. The molecule has 0 aliphatic carbocycles. The third-order valence-corrected chi connectivity index (χ3v) is 5.01. The van der Waals surface area contributed by atoms with Gasteiger partial charge in [-0.1, -0.05) is 12.1 Å². The predicted octanol–water partition coefficient (Wildman–Crippen LogP) is 1.21. The number of hydrogen-bond acceptors (Lipinski definition) is 4. The van der Waals surface area contributed by atoms with Gasteiger partial charge in [-0.3, -0.25) is 4.79 Å². The highest BCUT2D eigenvalue weighted by atomic mass is 16.5. The average molecular weight is 373 g/mol. The Morgan fingerprint density at radius 1 is 1.41 bits per heavy atom. The molecular weight excluding hydrogens is 346 g/mol. The molecule has 2 heterocycles. The van der Waals surface area contributed by atoms with E-state index in [0.29, 0.717) is 39.2 Å². The van der Waals surface area contributed by atoms with Crippen molar-refractivity contribution < 1.29 is 14.3 Å². The van der Waals surface area contributed by atoms with E-state index in [4.69, 9.17) is 4.74 Å². The molecule has 1 aliphatic heterocycles. The molecule has 0 saturated carbocycles. The normalized spacial score (nSPS) is 16.9. The van der Waals surface area contributed by atoms with Gasteiger partial charge in [-0.2, -0.15) is 0 Å². The zero-order valence-corrected chi connectivity index (χ0v) is 16.1. The number of rotatable bonds is 7. The summed E-state index contributed by atoms with van der Waals surface area (Å²) in [5.41, 5.74) is 1.96. The molecule has 0 bridgehead atoms. The topological polar surface area (TPSA) is 79.7 Å². The van der Waals surface area contributed by atoms with Gasteiger partial charge in [-0.15, -0.1) is 0 Å². The molecule has 0 radical (unpaired) electrons. The van der Waals surface area contributed by atoms with Crippen molar-refractivity contribution in [3.05, 3.63) is 30.1 Å². The number of nitrogens with zero attached hydrogens (tertiary/aromatic N) is 4. The molecule has 1 atom stereocenters. The number of nitrogens with one attached hydrogen (secondary N) is 1. The van der Waals surface area contributed by atoms with Crippen molar-refractivity contribution in [2.75, 3.05) is 40.4 Å². The SMILES string of the molecule is COCCN1CC(CNC(=O)N(C)Cc2nc3ccccc3n2C)CC1=O. The Morgan fingerprint density at radius 2 is 2.19 bits per heavy atom.